The molecule has 0 radical (unpaired) electrons. The van der Waals surface area contributed by atoms with Gasteiger partial charge in [-0.2, -0.15) is 0 Å². The molecule has 2 aliphatic heterocycles. The van der Waals surface area contributed by atoms with E-state index in [0.29, 0.717) is 23.7 Å². The van der Waals surface area contributed by atoms with E-state index >= 15 is 0 Å². The second-order valence-electron chi connectivity index (χ2n) is 11.4. The number of benzene rings is 2. The molecule has 1 saturated heterocycles. The average Bonchev–Trinajstić information content (AvgIpc) is 3.46. The molecule has 0 bridgehead atoms. The maximum atomic E-state index is 12.5. The van der Waals surface area contributed by atoms with Crippen molar-refractivity contribution in [2.24, 2.45) is 0 Å². The Balaban J connectivity index is 1.18. The van der Waals surface area contributed by atoms with Gasteiger partial charge in [0.2, 0.25) is 0 Å². The third-order valence-corrected chi connectivity index (χ3v) is 8.24. The predicted molar refractivity (Wildman–Crippen MR) is 166 cm³/mol. The van der Waals surface area contributed by atoms with Gasteiger partial charge in [0, 0.05) is 67.5 Å². The summed E-state index contributed by atoms with van der Waals surface area (Å²) in [6.07, 6.45) is 4.35. The number of pyridine rings is 1. The summed E-state index contributed by atoms with van der Waals surface area (Å²) in [5.41, 5.74) is 5.86. The van der Waals surface area contributed by atoms with E-state index in [-0.39, 0.29) is 5.60 Å². The van der Waals surface area contributed by atoms with Crippen LogP contribution in [0.15, 0.2) is 72.6 Å². The van der Waals surface area contributed by atoms with E-state index < -0.39 is 5.97 Å². The molecule has 2 aromatic carbocycles. The van der Waals surface area contributed by atoms with E-state index in [0.717, 1.165) is 60.9 Å². The highest BCUT2D eigenvalue weighted by Gasteiger charge is 2.30. The van der Waals surface area contributed by atoms with E-state index in [1.807, 2.05) is 42.6 Å². The highest BCUT2D eigenvalue weighted by molar-refractivity contribution is 6.30. The van der Waals surface area contributed by atoms with Crippen molar-refractivity contribution in [3.05, 3.63) is 88.7 Å². The van der Waals surface area contributed by atoms with Gasteiger partial charge < -0.3 is 24.1 Å². The molecule has 8 nitrogen and oxygen atoms in total. The fourth-order valence-electron chi connectivity index (χ4n) is 5.68. The zero-order valence-electron chi connectivity index (χ0n) is 24.2. The van der Waals surface area contributed by atoms with Crippen LogP contribution in [0.5, 0.6) is 11.5 Å². The van der Waals surface area contributed by atoms with Crippen molar-refractivity contribution in [1.82, 2.24) is 14.9 Å². The Morgan fingerprint density at radius 1 is 1.07 bits per heavy atom. The lowest BCUT2D eigenvalue weighted by molar-refractivity contribution is -0.0101. The van der Waals surface area contributed by atoms with Gasteiger partial charge >= 0.3 is 5.97 Å². The number of hydrogen-bond donors (Lipinski definition) is 1. The summed E-state index contributed by atoms with van der Waals surface area (Å²) in [6, 6.07) is 17.6. The number of nitrogens with zero attached hydrogens (tertiary/aromatic N) is 3. The molecule has 42 heavy (non-hydrogen) atoms. The van der Waals surface area contributed by atoms with Crippen molar-refractivity contribution >= 4 is 39.9 Å². The number of nitrogens with one attached hydrogen (secondary N) is 1. The van der Waals surface area contributed by atoms with Gasteiger partial charge in [-0.1, -0.05) is 23.7 Å². The van der Waals surface area contributed by atoms with Gasteiger partial charge in [0.05, 0.1) is 25.5 Å². The summed E-state index contributed by atoms with van der Waals surface area (Å²) in [4.78, 5) is 24.8. The minimum absolute atomic E-state index is 0.198. The van der Waals surface area contributed by atoms with Crippen molar-refractivity contribution in [2.75, 3.05) is 51.3 Å². The SMILES string of the molecule is COC(=O)c1ccc(N2CCN(CC3=C(c4ccc(Cl)cc4)CC(C)(C)OC3)CC2)cc1Oc1cnc2[nH]ccc2c1. The summed E-state index contributed by atoms with van der Waals surface area (Å²) in [7, 11) is 1.37. The number of aromatic amines is 1. The predicted octanol–water partition coefficient (Wildman–Crippen LogP) is 6.57. The van der Waals surface area contributed by atoms with Gasteiger partial charge in [0.1, 0.15) is 22.7 Å². The minimum atomic E-state index is -0.445. The zero-order chi connectivity index (χ0) is 29.3. The largest absolute Gasteiger partial charge is 0.465 e. The Labute approximate surface area is 250 Å². The summed E-state index contributed by atoms with van der Waals surface area (Å²) >= 11 is 6.17. The fraction of sp³-hybridized carbons (Fsp3) is 0.333. The molecule has 0 saturated carbocycles. The number of fused-ring (bicyclic) bond motifs is 1. The quantitative estimate of drug-likeness (QED) is 0.245. The number of methoxy groups -OCH3 is 1. The first-order valence-electron chi connectivity index (χ1n) is 14.2. The van der Waals surface area contributed by atoms with E-state index in [9.17, 15) is 4.79 Å². The summed E-state index contributed by atoms with van der Waals surface area (Å²) in [5.74, 6) is 0.551. The van der Waals surface area contributed by atoms with Crippen LogP contribution >= 0.6 is 11.6 Å². The number of halogens is 1. The molecule has 2 aromatic heterocycles. The monoisotopic (exact) mass is 586 g/mol. The van der Waals surface area contributed by atoms with E-state index in [1.165, 1.54) is 23.8 Å². The number of H-pyrrole nitrogens is 1. The second-order valence-corrected chi connectivity index (χ2v) is 11.9. The van der Waals surface area contributed by atoms with E-state index in [1.54, 1.807) is 12.3 Å². The molecule has 9 heteroatoms. The smallest absolute Gasteiger partial charge is 0.341 e. The summed E-state index contributed by atoms with van der Waals surface area (Å²) in [5, 5.41) is 1.68. The number of anilines is 1. The molecule has 4 heterocycles. The molecule has 0 amide bonds. The highest BCUT2D eigenvalue weighted by Crippen LogP contribution is 2.36. The van der Waals surface area contributed by atoms with Crippen LogP contribution in [0, 0.1) is 0 Å². The molecule has 4 aromatic rings. The normalized spacial score (nSPS) is 17.5. The number of carbonyl (C=O) groups excluding carboxylic acids is 1. The number of rotatable bonds is 7. The van der Waals surface area contributed by atoms with Crippen LogP contribution in [-0.2, 0) is 9.47 Å². The molecule has 6 rings (SSSR count). The van der Waals surface area contributed by atoms with E-state index in [2.05, 4.69) is 45.7 Å². The summed E-state index contributed by atoms with van der Waals surface area (Å²) in [6.45, 7) is 9.31. The lowest BCUT2D eigenvalue weighted by atomic mass is 9.87. The summed E-state index contributed by atoms with van der Waals surface area (Å²) < 4.78 is 17.4. The Morgan fingerprint density at radius 2 is 1.86 bits per heavy atom. The molecule has 0 aliphatic carbocycles. The first-order chi connectivity index (χ1) is 20.3. The van der Waals surface area contributed by atoms with Crippen LogP contribution in [0.3, 0.4) is 0 Å². The van der Waals surface area contributed by atoms with E-state index in [4.69, 9.17) is 25.8 Å². The molecule has 0 atom stereocenters. The van der Waals surface area contributed by atoms with Crippen LogP contribution < -0.4 is 9.64 Å². The Kier molecular flexibility index (Phi) is 7.94. The highest BCUT2D eigenvalue weighted by atomic mass is 35.5. The maximum Gasteiger partial charge on any atom is 0.341 e. The number of piperazine rings is 1. The number of carbonyl (C=O) groups is 1. The van der Waals surface area contributed by atoms with Crippen LogP contribution in [-0.4, -0.2) is 72.9 Å². The van der Waals surface area contributed by atoms with Gasteiger partial charge in [-0.15, -0.1) is 0 Å². The number of esters is 1. The third-order valence-electron chi connectivity index (χ3n) is 7.98. The average molecular weight is 587 g/mol. The Hall–Kier alpha value is -3.85. The first kappa shape index (κ1) is 28.3. The third kappa shape index (κ3) is 6.16. The molecular formula is C33H35ClN4O4. The van der Waals surface area contributed by atoms with Crippen molar-refractivity contribution in [1.29, 1.82) is 0 Å². The molecule has 1 fully saturated rings. The van der Waals surface area contributed by atoms with Crippen molar-refractivity contribution in [3.8, 4) is 11.5 Å². The Morgan fingerprint density at radius 3 is 2.62 bits per heavy atom. The van der Waals surface area contributed by atoms with Crippen molar-refractivity contribution in [3.63, 3.8) is 0 Å². The van der Waals surface area contributed by atoms with Gasteiger partial charge in [-0.3, -0.25) is 4.90 Å². The molecular weight excluding hydrogens is 552 g/mol. The fourth-order valence-corrected chi connectivity index (χ4v) is 5.80. The number of ether oxygens (including phenoxy) is 3. The van der Waals surface area contributed by atoms with Crippen molar-refractivity contribution in [2.45, 2.75) is 25.9 Å². The van der Waals surface area contributed by atoms with Crippen LogP contribution in [0.4, 0.5) is 5.69 Å². The molecule has 0 unspecified atom stereocenters. The topological polar surface area (TPSA) is 79.9 Å². The van der Waals surface area contributed by atoms with Gasteiger partial charge in [0.15, 0.2) is 0 Å². The molecule has 0 spiro atoms. The van der Waals surface area contributed by atoms with Gasteiger partial charge in [0.25, 0.3) is 0 Å². The van der Waals surface area contributed by atoms with Gasteiger partial charge in [-0.25, -0.2) is 9.78 Å². The lowest BCUT2D eigenvalue weighted by Gasteiger charge is -2.39. The second kappa shape index (κ2) is 11.8. The zero-order valence-corrected chi connectivity index (χ0v) is 24.9. The standard InChI is InChI=1S/C33H35ClN4O4/c1-33(2)18-29(22-4-6-25(34)7-5-22)24(21-41-33)20-37-12-14-38(15-13-37)26-8-9-28(32(39)40-3)30(17-26)42-27-16-23-10-11-35-31(23)36-19-27/h4-11,16-17,19H,12-15,18,20-21H2,1-3H3,(H,35,36). The number of aromatic nitrogens is 2. The van der Waals surface area contributed by atoms with Crippen LogP contribution in [0.25, 0.3) is 16.6 Å². The molecule has 2 aliphatic rings. The number of hydrogen-bond acceptors (Lipinski definition) is 7. The lowest BCUT2D eigenvalue weighted by Crippen LogP contribution is -2.47. The maximum absolute atomic E-state index is 12.5. The molecule has 1 N–H and O–H groups in total. The van der Waals surface area contributed by atoms with Crippen molar-refractivity contribution < 1.29 is 19.0 Å². The minimum Gasteiger partial charge on any atom is -0.465 e. The first-order valence-corrected chi connectivity index (χ1v) is 14.6. The van der Waals surface area contributed by atoms with Gasteiger partial charge in [-0.05, 0) is 67.0 Å². The van der Waals surface area contributed by atoms with Crippen LogP contribution in [0.2, 0.25) is 5.02 Å². The van der Waals surface area contributed by atoms with Crippen LogP contribution in [0.1, 0.15) is 36.2 Å². The molecule has 218 valence electrons. The Bertz CT molecular complexity index is 1620.